The van der Waals surface area contributed by atoms with E-state index >= 15 is 0 Å². The lowest BCUT2D eigenvalue weighted by Gasteiger charge is -2.12. The van der Waals surface area contributed by atoms with Gasteiger partial charge in [0.15, 0.2) is 0 Å². The molecule has 0 aliphatic rings. The Morgan fingerprint density at radius 2 is 2.00 bits per heavy atom. The summed E-state index contributed by atoms with van der Waals surface area (Å²) < 4.78 is 0. The fraction of sp³-hybridized carbons (Fsp3) is 0.308. The van der Waals surface area contributed by atoms with Gasteiger partial charge in [0, 0.05) is 16.0 Å². The molecule has 3 aromatic heterocycles. The number of nitrogens with one attached hydrogen (secondary N) is 1. The zero-order chi connectivity index (χ0) is 14.3. The van der Waals surface area contributed by atoms with Crippen LogP contribution in [-0.2, 0) is 0 Å². The quantitative estimate of drug-likeness (QED) is 0.774. The zero-order valence-corrected chi connectivity index (χ0v) is 13.1. The summed E-state index contributed by atoms with van der Waals surface area (Å²) in [5.41, 5.74) is 5.78. The van der Waals surface area contributed by atoms with Crippen molar-refractivity contribution in [2.24, 2.45) is 0 Å². The molecule has 0 fully saturated rings. The van der Waals surface area contributed by atoms with Gasteiger partial charge < -0.3 is 11.1 Å². The molecule has 0 saturated heterocycles. The Hall–Kier alpha value is -1.73. The van der Waals surface area contributed by atoms with Gasteiger partial charge >= 0.3 is 0 Å². The molecule has 104 valence electrons. The van der Waals surface area contributed by atoms with Crippen molar-refractivity contribution in [3.63, 3.8) is 0 Å². The Labute approximate surface area is 124 Å². The maximum Gasteiger partial charge on any atom is 0.223 e. The third-order valence-electron chi connectivity index (χ3n) is 2.90. The van der Waals surface area contributed by atoms with Crippen molar-refractivity contribution in [2.45, 2.75) is 26.8 Å². The Balaban J connectivity index is 1.97. The van der Waals surface area contributed by atoms with E-state index in [-0.39, 0.29) is 6.04 Å². The molecule has 0 aliphatic carbocycles. The second kappa shape index (κ2) is 4.99. The van der Waals surface area contributed by atoms with Crippen molar-refractivity contribution in [1.29, 1.82) is 0 Å². The van der Waals surface area contributed by atoms with Crippen LogP contribution in [0.1, 0.15) is 27.7 Å². The summed E-state index contributed by atoms with van der Waals surface area (Å²) >= 11 is 3.31. The number of nitrogens with two attached hydrogens (primary N) is 1. The Bertz CT molecular complexity index is 761. The third kappa shape index (κ3) is 2.46. The molecule has 3 rings (SSSR count). The van der Waals surface area contributed by atoms with Crippen molar-refractivity contribution in [1.82, 2.24) is 15.0 Å². The molecule has 3 heterocycles. The van der Waals surface area contributed by atoms with Crippen LogP contribution in [0.3, 0.4) is 0 Å². The van der Waals surface area contributed by atoms with Gasteiger partial charge in [-0.15, -0.1) is 22.7 Å². The minimum absolute atomic E-state index is 0.0893. The predicted octanol–water partition coefficient (Wildman–Crippen LogP) is 3.52. The van der Waals surface area contributed by atoms with Gasteiger partial charge in [-0.3, -0.25) is 0 Å². The number of thiazole rings is 1. The summed E-state index contributed by atoms with van der Waals surface area (Å²) in [6.07, 6.45) is 1.89. The van der Waals surface area contributed by atoms with Crippen LogP contribution in [-0.4, -0.2) is 15.0 Å². The van der Waals surface area contributed by atoms with E-state index in [0.29, 0.717) is 5.95 Å². The molecule has 5 nitrogen and oxygen atoms in total. The molecular formula is C13H15N5S2. The first-order chi connectivity index (χ1) is 9.52. The van der Waals surface area contributed by atoms with Crippen molar-refractivity contribution in [3.8, 4) is 0 Å². The van der Waals surface area contributed by atoms with E-state index in [9.17, 15) is 0 Å². The molecule has 0 aliphatic heterocycles. The summed E-state index contributed by atoms with van der Waals surface area (Å²) in [6.45, 7) is 6.18. The van der Waals surface area contributed by atoms with Gasteiger partial charge in [-0.2, -0.15) is 4.98 Å². The van der Waals surface area contributed by atoms with Crippen molar-refractivity contribution >= 4 is 44.7 Å². The molecule has 1 unspecified atom stereocenters. The van der Waals surface area contributed by atoms with E-state index in [0.717, 1.165) is 21.0 Å². The highest BCUT2D eigenvalue weighted by Gasteiger charge is 2.14. The highest BCUT2D eigenvalue weighted by Crippen LogP contribution is 2.31. The standard InChI is InChI=1S/C13H15N5S2/c1-6-4-9-10(17-13(14)18-12(9)19-6)16-8(3)11-15-5-7(2)20-11/h4-5,8H,1-3H3,(H3,14,16,17,18). The number of aromatic nitrogens is 3. The molecule has 0 saturated carbocycles. The van der Waals surface area contributed by atoms with E-state index in [1.54, 1.807) is 22.7 Å². The first-order valence-electron chi connectivity index (χ1n) is 6.25. The average Bonchev–Trinajstić information content (AvgIpc) is 2.94. The second-order valence-electron chi connectivity index (χ2n) is 4.68. The number of fused-ring (bicyclic) bond motifs is 1. The third-order valence-corrected chi connectivity index (χ3v) is 4.94. The van der Waals surface area contributed by atoms with Gasteiger partial charge in [0.05, 0.1) is 11.4 Å². The van der Waals surface area contributed by atoms with E-state index in [1.165, 1.54) is 9.75 Å². The summed E-state index contributed by atoms with van der Waals surface area (Å²) in [7, 11) is 0. The Morgan fingerprint density at radius 3 is 2.70 bits per heavy atom. The maximum atomic E-state index is 5.78. The predicted molar refractivity (Wildman–Crippen MR) is 85.5 cm³/mol. The highest BCUT2D eigenvalue weighted by atomic mass is 32.1. The summed E-state index contributed by atoms with van der Waals surface area (Å²) in [5, 5.41) is 5.45. The van der Waals surface area contributed by atoms with Crippen molar-refractivity contribution in [3.05, 3.63) is 27.0 Å². The fourth-order valence-corrected chi connectivity index (χ4v) is 3.67. The van der Waals surface area contributed by atoms with Crippen LogP contribution in [0.4, 0.5) is 11.8 Å². The van der Waals surface area contributed by atoms with E-state index in [4.69, 9.17) is 5.73 Å². The van der Waals surface area contributed by atoms with E-state index < -0.39 is 0 Å². The number of anilines is 2. The molecule has 0 aromatic carbocycles. The van der Waals surface area contributed by atoms with Crippen LogP contribution in [0.15, 0.2) is 12.3 Å². The number of hydrogen-bond acceptors (Lipinski definition) is 7. The van der Waals surface area contributed by atoms with Crippen LogP contribution >= 0.6 is 22.7 Å². The van der Waals surface area contributed by atoms with Crippen LogP contribution in [0.5, 0.6) is 0 Å². The van der Waals surface area contributed by atoms with Crippen molar-refractivity contribution < 1.29 is 0 Å². The van der Waals surface area contributed by atoms with Gasteiger partial charge in [0.2, 0.25) is 5.95 Å². The average molecular weight is 305 g/mol. The van der Waals surface area contributed by atoms with E-state index in [2.05, 4.69) is 47.1 Å². The smallest absolute Gasteiger partial charge is 0.223 e. The van der Waals surface area contributed by atoms with Gasteiger partial charge in [-0.05, 0) is 26.8 Å². The second-order valence-corrected chi connectivity index (χ2v) is 7.18. The van der Waals surface area contributed by atoms with E-state index in [1.807, 2.05) is 6.20 Å². The molecule has 0 bridgehead atoms. The van der Waals surface area contributed by atoms with Gasteiger partial charge in [0.1, 0.15) is 15.7 Å². The molecule has 20 heavy (non-hydrogen) atoms. The van der Waals surface area contributed by atoms with Crippen LogP contribution in [0.25, 0.3) is 10.2 Å². The molecule has 3 aromatic rings. The molecule has 3 N–H and O–H groups in total. The topological polar surface area (TPSA) is 76.7 Å². The van der Waals surface area contributed by atoms with Crippen LogP contribution in [0, 0.1) is 13.8 Å². The van der Waals surface area contributed by atoms with Crippen molar-refractivity contribution in [2.75, 3.05) is 11.1 Å². The summed E-state index contributed by atoms with van der Waals surface area (Å²) in [6, 6.07) is 2.17. The monoisotopic (exact) mass is 305 g/mol. The zero-order valence-electron chi connectivity index (χ0n) is 11.5. The highest BCUT2D eigenvalue weighted by molar-refractivity contribution is 7.18. The minimum Gasteiger partial charge on any atom is -0.368 e. The minimum atomic E-state index is 0.0893. The lowest BCUT2D eigenvalue weighted by atomic mass is 10.3. The number of nitrogens with zero attached hydrogens (tertiary/aromatic N) is 3. The SMILES string of the molecule is Cc1cnc(C(C)Nc2nc(N)nc3sc(C)cc23)s1. The number of rotatable bonds is 3. The molecule has 0 spiro atoms. The normalized spacial score (nSPS) is 12.8. The molecule has 0 radical (unpaired) electrons. The Kier molecular flexibility index (Phi) is 3.31. The lowest BCUT2D eigenvalue weighted by Crippen LogP contribution is -2.09. The molecule has 7 heteroatoms. The summed E-state index contributed by atoms with van der Waals surface area (Å²) in [4.78, 5) is 16.3. The maximum absolute atomic E-state index is 5.78. The molecule has 0 amide bonds. The number of thiophene rings is 1. The Morgan fingerprint density at radius 1 is 1.20 bits per heavy atom. The van der Waals surface area contributed by atoms with Crippen LogP contribution in [0.2, 0.25) is 0 Å². The van der Waals surface area contributed by atoms with Crippen LogP contribution < -0.4 is 11.1 Å². The largest absolute Gasteiger partial charge is 0.368 e. The molecule has 1 atom stereocenters. The number of aryl methyl sites for hydroxylation is 2. The van der Waals surface area contributed by atoms with Gasteiger partial charge in [-0.1, -0.05) is 0 Å². The summed E-state index contributed by atoms with van der Waals surface area (Å²) in [5.74, 6) is 1.07. The number of nitrogen functional groups attached to an aromatic ring is 1. The molecular weight excluding hydrogens is 290 g/mol. The first kappa shape index (κ1) is 13.3. The van der Waals surface area contributed by atoms with Gasteiger partial charge in [0.25, 0.3) is 0 Å². The number of hydrogen-bond donors (Lipinski definition) is 2. The fourth-order valence-electron chi connectivity index (χ4n) is 2.01. The first-order valence-corrected chi connectivity index (χ1v) is 7.89. The van der Waals surface area contributed by atoms with Gasteiger partial charge in [-0.25, -0.2) is 9.97 Å². The lowest BCUT2D eigenvalue weighted by molar-refractivity contribution is 0.863.